The molecule has 2 heterocycles. The number of hydrogen-bond acceptors (Lipinski definition) is 3. The van der Waals surface area contributed by atoms with E-state index in [9.17, 15) is 5.11 Å². The van der Waals surface area contributed by atoms with Gasteiger partial charge in [0, 0.05) is 23.5 Å². The molecule has 0 amide bonds. The fourth-order valence-electron chi connectivity index (χ4n) is 2.50. The molecule has 106 valence electrons. The monoisotopic (exact) mass is 287 g/mol. The van der Waals surface area contributed by atoms with Gasteiger partial charge in [0.25, 0.3) is 0 Å². The van der Waals surface area contributed by atoms with Crippen LogP contribution in [0.5, 0.6) is 5.75 Å². The number of aromatic nitrogens is 3. The highest BCUT2D eigenvalue weighted by atomic mass is 16.3. The third-order valence-electron chi connectivity index (χ3n) is 3.64. The van der Waals surface area contributed by atoms with E-state index < -0.39 is 0 Å². The lowest BCUT2D eigenvalue weighted by atomic mass is 10.1. The summed E-state index contributed by atoms with van der Waals surface area (Å²) < 4.78 is 1.78. The lowest BCUT2D eigenvalue weighted by Crippen LogP contribution is -1.92. The van der Waals surface area contributed by atoms with Crippen LogP contribution >= 0.6 is 0 Å². The van der Waals surface area contributed by atoms with E-state index in [1.54, 1.807) is 16.6 Å². The van der Waals surface area contributed by atoms with E-state index in [2.05, 4.69) is 10.1 Å². The van der Waals surface area contributed by atoms with Gasteiger partial charge in [-0.05, 0) is 23.3 Å². The molecule has 0 saturated heterocycles. The molecule has 0 spiro atoms. The summed E-state index contributed by atoms with van der Waals surface area (Å²) in [5, 5.41) is 13.8. The molecule has 4 aromatic rings. The Labute approximate surface area is 127 Å². The van der Waals surface area contributed by atoms with Crippen molar-refractivity contribution in [3.05, 3.63) is 73.2 Å². The maximum Gasteiger partial charge on any atom is 0.162 e. The van der Waals surface area contributed by atoms with Crippen LogP contribution in [0.3, 0.4) is 0 Å². The number of phenolic OH excluding ortho intramolecular Hbond substituents is 1. The van der Waals surface area contributed by atoms with Crippen molar-refractivity contribution in [1.82, 2.24) is 14.6 Å². The highest BCUT2D eigenvalue weighted by molar-refractivity contribution is 5.77. The maximum atomic E-state index is 9.37. The van der Waals surface area contributed by atoms with E-state index >= 15 is 0 Å². The fourth-order valence-corrected chi connectivity index (χ4v) is 2.50. The molecule has 1 N–H and O–H groups in total. The van der Waals surface area contributed by atoms with Crippen LogP contribution in [0.1, 0.15) is 0 Å². The van der Waals surface area contributed by atoms with Crippen LogP contribution in [-0.4, -0.2) is 19.7 Å². The van der Waals surface area contributed by atoms with Gasteiger partial charge in [-0.2, -0.15) is 5.10 Å². The average Bonchev–Trinajstić information content (AvgIpc) is 2.99. The zero-order valence-corrected chi connectivity index (χ0v) is 11.7. The molecule has 4 nitrogen and oxygen atoms in total. The Morgan fingerprint density at radius 3 is 2.32 bits per heavy atom. The van der Waals surface area contributed by atoms with Gasteiger partial charge in [-0.1, -0.05) is 42.5 Å². The van der Waals surface area contributed by atoms with E-state index in [0.29, 0.717) is 0 Å². The first kappa shape index (κ1) is 12.6. The summed E-state index contributed by atoms with van der Waals surface area (Å²) in [5.74, 6) is 0.253. The number of nitrogens with zero attached hydrogens (tertiary/aromatic N) is 3. The van der Waals surface area contributed by atoms with Crippen LogP contribution in [0, 0.1) is 0 Å². The van der Waals surface area contributed by atoms with E-state index in [0.717, 1.165) is 27.9 Å². The number of aromatic hydroxyl groups is 1. The maximum absolute atomic E-state index is 9.37. The highest BCUT2D eigenvalue weighted by Gasteiger charge is 2.08. The smallest absolute Gasteiger partial charge is 0.162 e. The van der Waals surface area contributed by atoms with Crippen LogP contribution in [0.15, 0.2) is 73.2 Å². The van der Waals surface area contributed by atoms with Gasteiger partial charge in [0.2, 0.25) is 0 Å². The predicted octanol–water partition coefficient (Wildman–Crippen LogP) is 3.77. The first-order chi connectivity index (χ1) is 10.8. The van der Waals surface area contributed by atoms with Gasteiger partial charge in [-0.15, -0.1) is 0 Å². The first-order valence-corrected chi connectivity index (χ1v) is 6.99. The van der Waals surface area contributed by atoms with Crippen LogP contribution in [-0.2, 0) is 0 Å². The van der Waals surface area contributed by atoms with Crippen LogP contribution in [0.4, 0.5) is 0 Å². The van der Waals surface area contributed by atoms with Gasteiger partial charge >= 0.3 is 0 Å². The Hall–Kier alpha value is -3.14. The van der Waals surface area contributed by atoms with Gasteiger partial charge in [0.15, 0.2) is 5.65 Å². The zero-order valence-electron chi connectivity index (χ0n) is 11.7. The number of fused-ring (bicyclic) bond motifs is 1. The summed E-state index contributed by atoms with van der Waals surface area (Å²) in [7, 11) is 0. The van der Waals surface area contributed by atoms with Crippen molar-refractivity contribution in [1.29, 1.82) is 0 Å². The largest absolute Gasteiger partial charge is 0.508 e. The molecule has 0 bridgehead atoms. The first-order valence-electron chi connectivity index (χ1n) is 6.99. The van der Waals surface area contributed by atoms with Gasteiger partial charge in [0.05, 0.1) is 6.20 Å². The van der Waals surface area contributed by atoms with Crippen molar-refractivity contribution in [2.24, 2.45) is 0 Å². The molecule has 4 heteroatoms. The molecule has 22 heavy (non-hydrogen) atoms. The van der Waals surface area contributed by atoms with Crippen molar-refractivity contribution < 1.29 is 5.11 Å². The van der Waals surface area contributed by atoms with Gasteiger partial charge in [-0.3, -0.25) is 0 Å². The van der Waals surface area contributed by atoms with Gasteiger partial charge < -0.3 is 5.11 Å². The minimum absolute atomic E-state index is 0.253. The third kappa shape index (κ3) is 2.11. The SMILES string of the molecule is Oc1ccc(-c2cnc3c(-c4ccccc4)cnn3c2)cc1. The Morgan fingerprint density at radius 2 is 1.55 bits per heavy atom. The summed E-state index contributed by atoms with van der Waals surface area (Å²) in [6, 6.07) is 17.1. The van der Waals surface area contributed by atoms with Crippen LogP contribution < -0.4 is 0 Å². The van der Waals surface area contributed by atoms with Crippen molar-refractivity contribution in [2.45, 2.75) is 0 Å². The molecule has 0 aliphatic heterocycles. The van der Waals surface area contributed by atoms with E-state index in [1.165, 1.54) is 0 Å². The van der Waals surface area contributed by atoms with Crippen molar-refractivity contribution in [2.75, 3.05) is 0 Å². The molecule has 0 fully saturated rings. The van der Waals surface area contributed by atoms with E-state index in [4.69, 9.17) is 0 Å². The number of phenols is 1. The molecular formula is C18H13N3O. The minimum Gasteiger partial charge on any atom is -0.508 e. The summed E-state index contributed by atoms with van der Waals surface area (Å²) in [4.78, 5) is 4.55. The summed E-state index contributed by atoms with van der Waals surface area (Å²) in [6.07, 6.45) is 5.61. The second-order valence-electron chi connectivity index (χ2n) is 5.08. The molecule has 4 rings (SSSR count). The van der Waals surface area contributed by atoms with Crippen LogP contribution in [0.25, 0.3) is 27.9 Å². The minimum atomic E-state index is 0.253. The van der Waals surface area contributed by atoms with Crippen LogP contribution in [0.2, 0.25) is 0 Å². The topological polar surface area (TPSA) is 50.4 Å². The molecular weight excluding hydrogens is 274 g/mol. The Morgan fingerprint density at radius 1 is 0.773 bits per heavy atom. The third-order valence-corrected chi connectivity index (χ3v) is 3.64. The summed E-state index contributed by atoms with van der Waals surface area (Å²) in [5.41, 5.74) is 4.88. The second kappa shape index (κ2) is 5.00. The van der Waals surface area contributed by atoms with Gasteiger partial charge in [0.1, 0.15) is 5.75 Å². The lowest BCUT2D eigenvalue weighted by molar-refractivity contribution is 0.475. The van der Waals surface area contributed by atoms with E-state index in [-0.39, 0.29) is 5.75 Å². The fraction of sp³-hybridized carbons (Fsp3) is 0. The quantitative estimate of drug-likeness (QED) is 0.610. The Bertz CT molecular complexity index is 928. The molecule has 0 unspecified atom stereocenters. The molecule has 0 radical (unpaired) electrons. The highest BCUT2D eigenvalue weighted by Crippen LogP contribution is 2.26. The standard InChI is InChI=1S/C18H13N3O/c22-16-8-6-13(7-9-16)15-10-19-18-17(11-20-21(18)12-15)14-4-2-1-3-5-14/h1-12,22H. The number of rotatable bonds is 2. The van der Waals surface area contributed by atoms with Crippen molar-refractivity contribution in [3.8, 4) is 28.0 Å². The molecule has 2 aromatic heterocycles. The Balaban J connectivity index is 1.82. The molecule has 0 saturated carbocycles. The molecule has 0 atom stereocenters. The van der Waals surface area contributed by atoms with Crippen molar-refractivity contribution >= 4 is 5.65 Å². The predicted molar refractivity (Wildman–Crippen MR) is 85.5 cm³/mol. The summed E-state index contributed by atoms with van der Waals surface area (Å²) >= 11 is 0. The van der Waals surface area contributed by atoms with E-state index in [1.807, 2.05) is 61.1 Å². The lowest BCUT2D eigenvalue weighted by Gasteiger charge is -2.03. The summed E-state index contributed by atoms with van der Waals surface area (Å²) in [6.45, 7) is 0. The molecule has 0 aliphatic carbocycles. The molecule has 2 aromatic carbocycles. The number of hydrogen-bond donors (Lipinski definition) is 1. The zero-order chi connectivity index (χ0) is 14.9. The Kier molecular flexibility index (Phi) is 2.86. The number of benzene rings is 2. The molecule has 0 aliphatic rings. The second-order valence-corrected chi connectivity index (χ2v) is 5.08. The van der Waals surface area contributed by atoms with Gasteiger partial charge in [-0.25, -0.2) is 9.50 Å². The van der Waals surface area contributed by atoms with Crippen molar-refractivity contribution in [3.63, 3.8) is 0 Å². The normalized spacial score (nSPS) is 10.9. The average molecular weight is 287 g/mol.